The fraction of sp³-hybridized carbons (Fsp3) is 0.846. The van der Waals surface area contributed by atoms with E-state index in [0.717, 1.165) is 24.8 Å². The van der Waals surface area contributed by atoms with Gasteiger partial charge >= 0.3 is 0 Å². The minimum Gasteiger partial charge on any atom is -0.330 e. The second-order valence-electron chi connectivity index (χ2n) is 4.03. The molecule has 0 saturated heterocycles. The van der Waals surface area contributed by atoms with Crippen LogP contribution >= 0.6 is 0 Å². The van der Waals surface area contributed by atoms with Gasteiger partial charge in [0.25, 0.3) is 0 Å². The van der Waals surface area contributed by atoms with Crippen molar-refractivity contribution in [1.29, 1.82) is 0 Å². The minimum atomic E-state index is 0.776. The van der Waals surface area contributed by atoms with Gasteiger partial charge in [0.1, 0.15) is 0 Å². The van der Waals surface area contributed by atoms with Gasteiger partial charge in [0.05, 0.1) is 0 Å². The smallest absolute Gasteiger partial charge is 0.00426 e. The average Bonchev–Trinajstić information content (AvgIpc) is 2.23. The van der Waals surface area contributed by atoms with E-state index < -0.39 is 0 Å². The van der Waals surface area contributed by atoms with Crippen LogP contribution < -0.4 is 5.73 Å². The van der Waals surface area contributed by atoms with E-state index in [4.69, 9.17) is 5.73 Å². The highest BCUT2D eigenvalue weighted by molar-refractivity contribution is 4.85. The van der Waals surface area contributed by atoms with Crippen LogP contribution in [0.4, 0.5) is 0 Å². The first-order chi connectivity index (χ1) is 6.79. The zero-order chi connectivity index (χ0) is 10.8. The summed E-state index contributed by atoms with van der Waals surface area (Å²) in [6.07, 6.45) is 10.8. The first-order valence-corrected chi connectivity index (χ1v) is 6.15. The quantitative estimate of drug-likeness (QED) is 0.589. The summed E-state index contributed by atoms with van der Waals surface area (Å²) in [5.41, 5.74) is 5.44. The molecule has 0 fully saturated rings. The molecule has 0 aromatic rings. The number of rotatable bonds is 8. The van der Waals surface area contributed by atoms with Gasteiger partial charge in [0.2, 0.25) is 0 Å². The zero-order valence-electron chi connectivity index (χ0n) is 10.1. The molecule has 0 aliphatic carbocycles. The van der Waals surface area contributed by atoms with Crippen LogP contribution in [0.15, 0.2) is 12.2 Å². The van der Waals surface area contributed by atoms with Crippen LogP contribution in [0.25, 0.3) is 0 Å². The molecule has 1 unspecified atom stereocenters. The van der Waals surface area contributed by atoms with E-state index in [-0.39, 0.29) is 0 Å². The summed E-state index contributed by atoms with van der Waals surface area (Å²) in [4.78, 5) is 0. The fourth-order valence-corrected chi connectivity index (χ4v) is 2.13. The summed E-state index contributed by atoms with van der Waals surface area (Å²) in [5.74, 6) is 1.78. The molecule has 0 bridgehead atoms. The average molecular weight is 197 g/mol. The number of nitrogens with two attached hydrogens (primary N) is 1. The minimum absolute atomic E-state index is 0.776. The lowest BCUT2D eigenvalue weighted by molar-refractivity contribution is 0.306. The summed E-state index contributed by atoms with van der Waals surface area (Å²) in [6.45, 7) is 7.69. The Labute approximate surface area is 89.8 Å². The molecule has 0 aromatic heterocycles. The van der Waals surface area contributed by atoms with Gasteiger partial charge in [-0.05, 0) is 31.2 Å². The maximum atomic E-state index is 5.44. The SMILES string of the molecule is CCC(CC)C(CC)CC=CCCN. The third-order valence-corrected chi connectivity index (χ3v) is 3.18. The third kappa shape index (κ3) is 5.43. The maximum Gasteiger partial charge on any atom is -0.00426 e. The third-order valence-electron chi connectivity index (χ3n) is 3.18. The van der Waals surface area contributed by atoms with Gasteiger partial charge in [-0.25, -0.2) is 0 Å². The standard InChI is InChI=1S/C13H27N/c1-4-12(5-2)13(6-3)10-8-7-9-11-14/h7-8,12-13H,4-6,9-11,14H2,1-3H3. The Morgan fingerprint density at radius 2 is 1.50 bits per heavy atom. The molecule has 0 aromatic carbocycles. The molecule has 1 nitrogen and oxygen atoms in total. The predicted molar refractivity (Wildman–Crippen MR) is 65.3 cm³/mol. The molecular weight excluding hydrogens is 170 g/mol. The number of allylic oxidation sites excluding steroid dienone is 1. The highest BCUT2D eigenvalue weighted by Crippen LogP contribution is 2.25. The molecule has 1 heteroatoms. The summed E-state index contributed by atoms with van der Waals surface area (Å²) >= 11 is 0. The lowest BCUT2D eigenvalue weighted by Crippen LogP contribution is -2.11. The van der Waals surface area contributed by atoms with Crippen LogP contribution in [0.2, 0.25) is 0 Å². The van der Waals surface area contributed by atoms with Crippen LogP contribution in [0.1, 0.15) is 52.9 Å². The van der Waals surface area contributed by atoms with Crippen molar-refractivity contribution in [2.75, 3.05) is 6.54 Å². The van der Waals surface area contributed by atoms with Crippen molar-refractivity contribution < 1.29 is 0 Å². The van der Waals surface area contributed by atoms with Crippen molar-refractivity contribution in [3.05, 3.63) is 12.2 Å². The van der Waals surface area contributed by atoms with Gasteiger partial charge in [-0.1, -0.05) is 52.2 Å². The fourth-order valence-electron chi connectivity index (χ4n) is 2.13. The first-order valence-electron chi connectivity index (χ1n) is 6.15. The number of hydrogen-bond acceptors (Lipinski definition) is 1. The first kappa shape index (κ1) is 13.7. The van der Waals surface area contributed by atoms with E-state index in [0.29, 0.717) is 0 Å². The molecule has 14 heavy (non-hydrogen) atoms. The highest BCUT2D eigenvalue weighted by Gasteiger charge is 2.14. The molecule has 0 saturated carbocycles. The van der Waals surface area contributed by atoms with Crippen LogP contribution in [0.3, 0.4) is 0 Å². The molecule has 0 amide bonds. The molecule has 0 aliphatic heterocycles. The van der Waals surface area contributed by atoms with Gasteiger partial charge < -0.3 is 5.73 Å². The van der Waals surface area contributed by atoms with Crippen molar-refractivity contribution >= 4 is 0 Å². The summed E-state index contributed by atoms with van der Waals surface area (Å²) in [7, 11) is 0. The monoisotopic (exact) mass is 197 g/mol. The highest BCUT2D eigenvalue weighted by atomic mass is 14.5. The van der Waals surface area contributed by atoms with Gasteiger partial charge in [0.15, 0.2) is 0 Å². The van der Waals surface area contributed by atoms with Crippen molar-refractivity contribution in [3.8, 4) is 0 Å². The van der Waals surface area contributed by atoms with Crippen LogP contribution in [0.5, 0.6) is 0 Å². The summed E-state index contributed by atoms with van der Waals surface area (Å²) in [5, 5.41) is 0. The summed E-state index contributed by atoms with van der Waals surface area (Å²) < 4.78 is 0. The normalized spacial score (nSPS) is 14.1. The Morgan fingerprint density at radius 3 is 1.93 bits per heavy atom. The van der Waals surface area contributed by atoms with Crippen molar-refractivity contribution in [2.24, 2.45) is 17.6 Å². The van der Waals surface area contributed by atoms with Crippen molar-refractivity contribution in [1.82, 2.24) is 0 Å². The lowest BCUT2D eigenvalue weighted by atomic mass is 9.83. The van der Waals surface area contributed by atoms with E-state index >= 15 is 0 Å². The molecule has 2 N–H and O–H groups in total. The second kappa shape index (κ2) is 9.26. The molecule has 0 radical (unpaired) electrons. The Balaban J connectivity index is 3.88. The molecule has 0 aliphatic rings. The van der Waals surface area contributed by atoms with E-state index in [1.165, 1.54) is 25.7 Å². The molecule has 0 spiro atoms. The van der Waals surface area contributed by atoms with Crippen molar-refractivity contribution in [2.45, 2.75) is 52.9 Å². The van der Waals surface area contributed by atoms with Crippen molar-refractivity contribution in [3.63, 3.8) is 0 Å². The molecule has 84 valence electrons. The lowest BCUT2D eigenvalue weighted by Gasteiger charge is -2.22. The van der Waals surface area contributed by atoms with E-state index in [1.807, 2.05) is 0 Å². The Bertz CT molecular complexity index is 136. The van der Waals surface area contributed by atoms with Crippen LogP contribution in [0, 0.1) is 11.8 Å². The van der Waals surface area contributed by atoms with Crippen LogP contribution in [-0.2, 0) is 0 Å². The second-order valence-corrected chi connectivity index (χ2v) is 4.03. The Morgan fingerprint density at radius 1 is 0.929 bits per heavy atom. The van der Waals surface area contributed by atoms with Crippen LogP contribution in [-0.4, -0.2) is 6.54 Å². The Kier molecular flexibility index (Phi) is 9.06. The van der Waals surface area contributed by atoms with Gasteiger partial charge in [-0.3, -0.25) is 0 Å². The van der Waals surface area contributed by atoms with E-state index in [2.05, 4.69) is 32.9 Å². The summed E-state index contributed by atoms with van der Waals surface area (Å²) in [6, 6.07) is 0. The zero-order valence-corrected chi connectivity index (χ0v) is 10.1. The largest absolute Gasteiger partial charge is 0.330 e. The van der Waals surface area contributed by atoms with E-state index in [9.17, 15) is 0 Å². The molecule has 0 heterocycles. The molecular formula is C13H27N. The van der Waals surface area contributed by atoms with Gasteiger partial charge in [0, 0.05) is 0 Å². The van der Waals surface area contributed by atoms with E-state index in [1.54, 1.807) is 0 Å². The molecule has 1 atom stereocenters. The Hall–Kier alpha value is -0.300. The predicted octanol–water partition coefficient (Wildman–Crippen LogP) is 3.74. The van der Waals surface area contributed by atoms with Gasteiger partial charge in [-0.2, -0.15) is 0 Å². The molecule has 0 rings (SSSR count). The van der Waals surface area contributed by atoms with Gasteiger partial charge in [-0.15, -0.1) is 0 Å². The maximum absolute atomic E-state index is 5.44. The topological polar surface area (TPSA) is 26.0 Å². The number of hydrogen-bond donors (Lipinski definition) is 1.